The molecule has 2 aromatic rings. The van der Waals surface area contributed by atoms with E-state index in [4.69, 9.17) is 27.9 Å². The van der Waals surface area contributed by atoms with E-state index in [-0.39, 0.29) is 36.6 Å². The van der Waals surface area contributed by atoms with Crippen molar-refractivity contribution < 1.29 is 19.1 Å². The molecule has 3 aliphatic rings. The molecule has 11 heteroatoms. The largest absolute Gasteiger partial charge is 0.494 e. The zero-order valence-electron chi connectivity index (χ0n) is 23.4. The molecule has 0 aliphatic carbocycles. The Balaban J connectivity index is 1.03. The lowest BCUT2D eigenvalue weighted by Gasteiger charge is -2.36. The monoisotopic (exact) mass is 611 g/mol. The molecule has 0 saturated carbocycles. The highest BCUT2D eigenvalue weighted by Crippen LogP contribution is 2.35. The summed E-state index contributed by atoms with van der Waals surface area (Å²) in [6, 6.07) is 11.5. The van der Waals surface area contributed by atoms with Crippen molar-refractivity contribution in [3.63, 3.8) is 0 Å². The van der Waals surface area contributed by atoms with Crippen LogP contribution in [0.3, 0.4) is 0 Å². The quantitative estimate of drug-likeness (QED) is 0.365. The van der Waals surface area contributed by atoms with Crippen molar-refractivity contribution in [1.29, 1.82) is 0 Å². The lowest BCUT2D eigenvalue weighted by atomic mass is 9.90. The van der Waals surface area contributed by atoms with E-state index in [1.54, 1.807) is 6.08 Å². The Morgan fingerprint density at radius 2 is 1.88 bits per heavy atom. The molecule has 42 heavy (non-hydrogen) atoms. The van der Waals surface area contributed by atoms with Crippen LogP contribution in [0.1, 0.15) is 30.7 Å². The molecule has 1 atom stereocenters. The number of amides is 3. The number of ether oxygens (including phenoxy) is 1. The lowest BCUT2D eigenvalue weighted by molar-refractivity contribution is -0.130. The third-order valence-corrected chi connectivity index (χ3v) is 8.64. The standard InChI is InChI=1S/C31H35Cl2N5O4/c1-21-7-10-30(41)38(21)20-29(40)34-19-22-17-28(39)35-26-18-23(8-9-24(22)26)42-16-3-2-11-36-12-14-37(15-13-36)27-6-4-5-25(32)31(27)33/h4-10,18,22H,1-3,11-17,19-20H2,(H,34,40)(H,35,39). The Hall–Kier alpha value is -3.53. The molecule has 5 rings (SSSR count). The number of unbranched alkanes of at least 4 members (excludes halogenated alkanes) is 1. The van der Waals surface area contributed by atoms with Gasteiger partial charge in [0.25, 0.3) is 5.91 Å². The third-order valence-electron chi connectivity index (χ3n) is 7.83. The van der Waals surface area contributed by atoms with Gasteiger partial charge in [0.05, 0.1) is 22.3 Å². The number of rotatable bonds is 11. The Kier molecular flexibility index (Phi) is 9.72. The van der Waals surface area contributed by atoms with E-state index in [0.29, 0.717) is 40.3 Å². The number of fused-ring (bicyclic) bond motifs is 1. The van der Waals surface area contributed by atoms with Crippen molar-refractivity contribution >= 4 is 52.3 Å². The van der Waals surface area contributed by atoms with Gasteiger partial charge >= 0.3 is 0 Å². The molecule has 0 spiro atoms. The van der Waals surface area contributed by atoms with Gasteiger partial charge in [-0.2, -0.15) is 0 Å². The molecular weight excluding hydrogens is 577 g/mol. The summed E-state index contributed by atoms with van der Waals surface area (Å²) in [6.07, 6.45) is 5.18. The summed E-state index contributed by atoms with van der Waals surface area (Å²) in [7, 11) is 0. The number of nitrogens with zero attached hydrogens (tertiary/aromatic N) is 3. The van der Waals surface area contributed by atoms with Crippen molar-refractivity contribution in [2.24, 2.45) is 0 Å². The van der Waals surface area contributed by atoms with Gasteiger partial charge in [-0.15, -0.1) is 0 Å². The highest BCUT2D eigenvalue weighted by molar-refractivity contribution is 6.43. The van der Waals surface area contributed by atoms with E-state index in [0.717, 1.165) is 56.8 Å². The number of halogens is 2. The van der Waals surface area contributed by atoms with E-state index in [9.17, 15) is 14.4 Å². The van der Waals surface area contributed by atoms with Crippen LogP contribution in [0.2, 0.25) is 10.0 Å². The van der Waals surface area contributed by atoms with E-state index in [1.165, 1.54) is 11.0 Å². The van der Waals surface area contributed by atoms with Gasteiger partial charge in [-0.25, -0.2) is 0 Å². The maximum Gasteiger partial charge on any atom is 0.251 e. The third kappa shape index (κ3) is 7.27. The number of carbonyl (C=O) groups excluding carboxylic acids is 3. The molecule has 2 N–H and O–H groups in total. The number of hydrogen-bond acceptors (Lipinski definition) is 6. The number of nitrogens with one attached hydrogen (secondary N) is 2. The first kappa shape index (κ1) is 29.9. The molecule has 0 radical (unpaired) electrons. The molecule has 1 unspecified atom stereocenters. The van der Waals surface area contributed by atoms with Gasteiger partial charge in [-0.1, -0.05) is 41.9 Å². The number of hydrogen-bond donors (Lipinski definition) is 2. The van der Waals surface area contributed by atoms with Crippen LogP contribution in [0.5, 0.6) is 5.75 Å². The van der Waals surface area contributed by atoms with E-state index < -0.39 is 0 Å². The molecule has 0 bridgehead atoms. The van der Waals surface area contributed by atoms with E-state index in [1.807, 2.05) is 36.4 Å². The average Bonchev–Trinajstić information content (AvgIpc) is 3.29. The van der Waals surface area contributed by atoms with E-state index >= 15 is 0 Å². The van der Waals surface area contributed by atoms with Gasteiger partial charge in [-0.3, -0.25) is 19.3 Å². The zero-order valence-corrected chi connectivity index (χ0v) is 24.9. The summed E-state index contributed by atoms with van der Waals surface area (Å²) in [4.78, 5) is 42.7. The highest BCUT2D eigenvalue weighted by atomic mass is 35.5. The Labute approximate surface area is 256 Å². The van der Waals surface area contributed by atoms with Crippen molar-refractivity contribution in [1.82, 2.24) is 15.1 Å². The van der Waals surface area contributed by atoms with Gasteiger partial charge in [-0.05, 0) is 49.2 Å². The molecule has 2 aromatic carbocycles. The van der Waals surface area contributed by atoms with E-state index in [2.05, 4.69) is 27.0 Å². The number of piperazine rings is 1. The molecule has 9 nitrogen and oxygen atoms in total. The number of allylic oxidation sites excluding steroid dienone is 1. The van der Waals surface area contributed by atoms with Crippen LogP contribution in [0, 0.1) is 0 Å². The van der Waals surface area contributed by atoms with Crippen LogP contribution >= 0.6 is 23.2 Å². The van der Waals surface area contributed by atoms with Crippen molar-refractivity contribution in [3.8, 4) is 5.75 Å². The van der Waals surface area contributed by atoms with Crippen LogP contribution in [0.25, 0.3) is 0 Å². The van der Waals surface area contributed by atoms with Crippen molar-refractivity contribution in [2.45, 2.75) is 25.2 Å². The summed E-state index contributed by atoms with van der Waals surface area (Å²) in [5, 5.41) is 6.98. The van der Waals surface area contributed by atoms with Crippen molar-refractivity contribution in [2.75, 3.05) is 62.6 Å². The fourth-order valence-corrected chi connectivity index (χ4v) is 5.90. The van der Waals surface area contributed by atoms with Gasteiger partial charge in [0.1, 0.15) is 12.3 Å². The number of benzene rings is 2. The van der Waals surface area contributed by atoms with Crippen LogP contribution in [-0.4, -0.2) is 79.9 Å². The Morgan fingerprint density at radius 1 is 1.07 bits per heavy atom. The van der Waals surface area contributed by atoms with Crippen LogP contribution in [0.15, 0.2) is 60.8 Å². The summed E-state index contributed by atoms with van der Waals surface area (Å²) >= 11 is 12.6. The molecule has 3 heterocycles. The second-order valence-corrected chi connectivity index (χ2v) is 11.5. The molecular formula is C31H35Cl2N5O4. The average molecular weight is 613 g/mol. The van der Waals surface area contributed by atoms with Crippen LogP contribution in [0.4, 0.5) is 11.4 Å². The molecule has 1 fully saturated rings. The zero-order chi connectivity index (χ0) is 29.6. The number of carbonyl (C=O) groups is 3. The predicted molar refractivity (Wildman–Crippen MR) is 165 cm³/mol. The number of anilines is 2. The van der Waals surface area contributed by atoms with Gasteiger partial charge in [0, 0.05) is 68.6 Å². The first-order chi connectivity index (χ1) is 20.3. The van der Waals surface area contributed by atoms with Crippen molar-refractivity contribution in [3.05, 3.63) is 76.4 Å². The summed E-state index contributed by atoms with van der Waals surface area (Å²) in [5.41, 5.74) is 3.13. The second kappa shape index (κ2) is 13.6. The first-order valence-electron chi connectivity index (χ1n) is 14.2. The fourth-order valence-electron chi connectivity index (χ4n) is 5.49. The fraction of sp³-hybridized carbons (Fsp3) is 0.387. The topological polar surface area (TPSA) is 94.2 Å². The minimum Gasteiger partial charge on any atom is -0.494 e. The predicted octanol–water partition coefficient (Wildman–Crippen LogP) is 4.43. The maximum atomic E-state index is 12.4. The molecule has 222 valence electrons. The lowest BCUT2D eigenvalue weighted by Crippen LogP contribution is -2.46. The SMILES string of the molecule is C=C1C=CC(=O)N1CC(=O)NCC1CC(=O)Nc2cc(OCCCCN3CCN(c4cccc(Cl)c4Cl)CC3)ccc21. The molecule has 3 amide bonds. The Bertz CT molecular complexity index is 1370. The molecule has 3 aliphatic heterocycles. The minimum absolute atomic E-state index is 0.0999. The second-order valence-electron chi connectivity index (χ2n) is 10.7. The van der Waals surface area contributed by atoms with Gasteiger partial charge in [0.15, 0.2) is 0 Å². The van der Waals surface area contributed by atoms with Gasteiger partial charge < -0.3 is 25.2 Å². The first-order valence-corrected chi connectivity index (χ1v) is 15.0. The van der Waals surface area contributed by atoms with Crippen LogP contribution in [-0.2, 0) is 14.4 Å². The summed E-state index contributed by atoms with van der Waals surface area (Å²) < 4.78 is 6.00. The smallest absolute Gasteiger partial charge is 0.251 e. The normalized spacial score (nSPS) is 18.7. The Morgan fingerprint density at radius 3 is 2.64 bits per heavy atom. The van der Waals surface area contributed by atoms with Crippen LogP contribution < -0.4 is 20.3 Å². The molecule has 0 aromatic heterocycles. The molecule has 1 saturated heterocycles. The minimum atomic E-state index is -0.298. The van der Waals surface area contributed by atoms with Gasteiger partial charge in [0.2, 0.25) is 11.8 Å². The highest BCUT2D eigenvalue weighted by Gasteiger charge is 2.27. The maximum absolute atomic E-state index is 12.4. The summed E-state index contributed by atoms with van der Waals surface area (Å²) in [6.45, 7) is 9.31. The summed E-state index contributed by atoms with van der Waals surface area (Å²) in [5.74, 6) is -0.136.